The fourth-order valence-electron chi connectivity index (χ4n) is 2.39. The molecule has 2 aromatic rings. The second-order valence-corrected chi connectivity index (χ2v) is 3.92. The van der Waals surface area contributed by atoms with E-state index in [4.69, 9.17) is 0 Å². The van der Waals surface area contributed by atoms with Gasteiger partial charge in [0.05, 0.1) is 0 Å². The van der Waals surface area contributed by atoms with Gasteiger partial charge in [0, 0.05) is 19.2 Å². The van der Waals surface area contributed by atoms with Crippen molar-refractivity contribution in [2.45, 2.75) is 6.42 Å². The van der Waals surface area contributed by atoms with Gasteiger partial charge in [-0.05, 0) is 28.3 Å². The topological polar surface area (TPSA) is 12.0 Å². The monoisotopic (exact) mass is 195 g/mol. The number of nitrogens with one attached hydrogen (secondary N) is 1. The Morgan fingerprint density at radius 1 is 0.933 bits per heavy atom. The predicted molar refractivity (Wildman–Crippen MR) is 64.2 cm³/mol. The summed E-state index contributed by atoms with van der Waals surface area (Å²) in [6.07, 6.45) is 1.06. The van der Waals surface area contributed by atoms with E-state index in [2.05, 4.69) is 47.8 Å². The van der Waals surface area contributed by atoms with Crippen molar-refractivity contribution < 1.29 is 0 Å². The molecule has 0 bridgehead atoms. The van der Waals surface area contributed by atoms with Crippen LogP contribution in [0.25, 0.3) is 11.1 Å². The first-order valence-corrected chi connectivity index (χ1v) is 5.28. The van der Waals surface area contributed by atoms with Crippen LogP contribution in [0.1, 0.15) is 11.1 Å². The van der Waals surface area contributed by atoms with Crippen LogP contribution in [0.2, 0.25) is 0 Å². The molecule has 0 radical (unpaired) electrons. The molecule has 0 saturated heterocycles. The number of anilines is 1. The van der Waals surface area contributed by atoms with Crippen molar-refractivity contribution in [2.75, 3.05) is 12.4 Å². The van der Waals surface area contributed by atoms with Crippen molar-refractivity contribution in [3.05, 3.63) is 53.6 Å². The lowest BCUT2D eigenvalue weighted by Gasteiger charge is -2.06. The Morgan fingerprint density at radius 2 is 1.73 bits per heavy atom. The van der Waals surface area contributed by atoms with Crippen LogP contribution in [-0.2, 0) is 6.42 Å². The lowest BCUT2D eigenvalue weighted by atomic mass is 10.1. The summed E-state index contributed by atoms with van der Waals surface area (Å²) < 4.78 is 0. The second kappa shape index (κ2) is 3.13. The van der Waals surface area contributed by atoms with Crippen LogP contribution in [0.15, 0.2) is 42.5 Å². The summed E-state index contributed by atoms with van der Waals surface area (Å²) in [5.74, 6) is 0. The Kier molecular flexibility index (Phi) is 1.78. The Hall–Kier alpha value is -1.76. The first-order chi connectivity index (χ1) is 7.40. The molecule has 0 unspecified atom stereocenters. The van der Waals surface area contributed by atoms with Crippen LogP contribution in [0, 0.1) is 0 Å². The van der Waals surface area contributed by atoms with Crippen LogP contribution in [0.3, 0.4) is 0 Å². The van der Waals surface area contributed by atoms with Crippen molar-refractivity contribution in [3.8, 4) is 11.1 Å². The minimum atomic E-state index is 1.06. The number of benzene rings is 2. The van der Waals surface area contributed by atoms with Crippen LogP contribution in [0.5, 0.6) is 0 Å². The Morgan fingerprint density at radius 3 is 2.60 bits per heavy atom. The van der Waals surface area contributed by atoms with Gasteiger partial charge < -0.3 is 5.32 Å². The van der Waals surface area contributed by atoms with Gasteiger partial charge in [-0.2, -0.15) is 0 Å². The van der Waals surface area contributed by atoms with Gasteiger partial charge in [-0.1, -0.05) is 36.4 Å². The minimum absolute atomic E-state index is 1.06. The lowest BCUT2D eigenvalue weighted by Crippen LogP contribution is -1.93. The Balaban J connectivity index is 2.26. The van der Waals surface area contributed by atoms with Gasteiger partial charge in [-0.15, -0.1) is 0 Å². The summed E-state index contributed by atoms with van der Waals surface area (Å²) in [5.41, 5.74) is 6.90. The van der Waals surface area contributed by atoms with E-state index in [9.17, 15) is 0 Å². The molecule has 0 aliphatic heterocycles. The molecule has 0 atom stereocenters. The fraction of sp³-hybridized carbons (Fsp3) is 0.143. The highest BCUT2D eigenvalue weighted by atomic mass is 14.8. The molecule has 1 nitrogen and oxygen atoms in total. The maximum Gasteiger partial charge on any atom is 0.0379 e. The predicted octanol–water partition coefficient (Wildman–Crippen LogP) is 3.30. The number of hydrogen-bond acceptors (Lipinski definition) is 1. The largest absolute Gasteiger partial charge is 0.388 e. The minimum Gasteiger partial charge on any atom is -0.388 e. The van der Waals surface area contributed by atoms with Crippen molar-refractivity contribution in [1.29, 1.82) is 0 Å². The Bertz CT molecular complexity index is 514. The van der Waals surface area contributed by atoms with Crippen molar-refractivity contribution in [1.82, 2.24) is 0 Å². The van der Waals surface area contributed by atoms with E-state index in [1.165, 1.54) is 27.9 Å². The van der Waals surface area contributed by atoms with E-state index in [1.807, 2.05) is 7.05 Å². The fourth-order valence-corrected chi connectivity index (χ4v) is 2.39. The molecule has 0 heterocycles. The zero-order chi connectivity index (χ0) is 10.3. The lowest BCUT2D eigenvalue weighted by molar-refractivity contribution is 1.25. The molecule has 1 aliphatic rings. The van der Waals surface area contributed by atoms with Crippen molar-refractivity contribution in [2.24, 2.45) is 0 Å². The zero-order valence-electron chi connectivity index (χ0n) is 8.75. The smallest absolute Gasteiger partial charge is 0.0379 e. The summed E-state index contributed by atoms with van der Waals surface area (Å²) in [7, 11) is 1.98. The summed E-state index contributed by atoms with van der Waals surface area (Å²) >= 11 is 0. The molecule has 3 rings (SSSR count). The first kappa shape index (κ1) is 8.54. The standard InChI is InChI=1S/C14H13N/c1-15-14-8-4-7-12-11-6-3-2-5-10(11)9-13(12)14/h2-8,15H,9H2,1H3. The van der Waals surface area contributed by atoms with E-state index in [-0.39, 0.29) is 0 Å². The van der Waals surface area contributed by atoms with E-state index in [0.29, 0.717) is 0 Å². The average molecular weight is 195 g/mol. The van der Waals surface area contributed by atoms with Gasteiger partial charge in [-0.25, -0.2) is 0 Å². The van der Waals surface area contributed by atoms with E-state index >= 15 is 0 Å². The van der Waals surface area contributed by atoms with Crippen LogP contribution in [-0.4, -0.2) is 7.05 Å². The third kappa shape index (κ3) is 1.16. The SMILES string of the molecule is CNc1cccc2c1Cc1ccccc1-2. The molecule has 1 aliphatic carbocycles. The number of rotatable bonds is 1. The third-order valence-electron chi connectivity index (χ3n) is 3.12. The summed E-state index contributed by atoms with van der Waals surface area (Å²) in [6, 6.07) is 15.1. The molecule has 15 heavy (non-hydrogen) atoms. The van der Waals surface area contributed by atoms with Crippen LogP contribution < -0.4 is 5.32 Å². The molecule has 0 amide bonds. The first-order valence-electron chi connectivity index (χ1n) is 5.28. The molecular formula is C14H13N. The zero-order valence-corrected chi connectivity index (χ0v) is 8.75. The molecule has 0 saturated carbocycles. The Labute approximate surface area is 89.8 Å². The van der Waals surface area contributed by atoms with E-state index < -0.39 is 0 Å². The summed E-state index contributed by atoms with van der Waals surface area (Å²) in [5, 5.41) is 3.26. The molecule has 0 spiro atoms. The third-order valence-corrected chi connectivity index (χ3v) is 3.12. The summed E-state index contributed by atoms with van der Waals surface area (Å²) in [6.45, 7) is 0. The van der Waals surface area contributed by atoms with Gasteiger partial charge >= 0.3 is 0 Å². The quantitative estimate of drug-likeness (QED) is 0.628. The van der Waals surface area contributed by atoms with Crippen molar-refractivity contribution >= 4 is 5.69 Å². The molecule has 0 aromatic heterocycles. The highest BCUT2D eigenvalue weighted by molar-refractivity contribution is 5.81. The number of hydrogen-bond donors (Lipinski definition) is 1. The molecule has 1 N–H and O–H groups in total. The molecule has 1 heteroatoms. The molecule has 74 valence electrons. The molecule has 0 fully saturated rings. The maximum atomic E-state index is 3.26. The molecule has 2 aromatic carbocycles. The van der Waals surface area contributed by atoms with E-state index in [0.717, 1.165) is 6.42 Å². The van der Waals surface area contributed by atoms with Gasteiger partial charge in [-0.3, -0.25) is 0 Å². The average Bonchev–Trinajstić information content (AvgIpc) is 2.67. The number of fused-ring (bicyclic) bond motifs is 3. The van der Waals surface area contributed by atoms with Gasteiger partial charge in [0.1, 0.15) is 0 Å². The second-order valence-electron chi connectivity index (χ2n) is 3.92. The van der Waals surface area contributed by atoms with Crippen LogP contribution >= 0.6 is 0 Å². The van der Waals surface area contributed by atoms with Crippen LogP contribution in [0.4, 0.5) is 5.69 Å². The van der Waals surface area contributed by atoms with Gasteiger partial charge in [0.25, 0.3) is 0 Å². The summed E-state index contributed by atoms with van der Waals surface area (Å²) in [4.78, 5) is 0. The molecular weight excluding hydrogens is 182 g/mol. The highest BCUT2D eigenvalue weighted by Crippen LogP contribution is 2.39. The van der Waals surface area contributed by atoms with Crippen molar-refractivity contribution in [3.63, 3.8) is 0 Å². The highest BCUT2D eigenvalue weighted by Gasteiger charge is 2.19. The van der Waals surface area contributed by atoms with E-state index in [1.54, 1.807) is 0 Å². The normalized spacial score (nSPS) is 12.1. The van der Waals surface area contributed by atoms with Gasteiger partial charge in [0.15, 0.2) is 0 Å². The maximum absolute atomic E-state index is 3.26. The van der Waals surface area contributed by atoms with Gasteiger partial charge in [0.2, 0.25) is 0 Å².